The maximum atomic E-state index is 13.5. The second-order valence-corrected chi connectivity index (χ2v) is 4.17. The normalized spacial score (nSPS) is 14.1. The Hall–Kier alpha value is -1.49. The van der Waals surface area contributed by atoms with Gasteiger partial charge in [-0.3, -0.25) is 10.1 Å². The number of hydrogen-bond acceptors (Lipinski definition) is 2. The highest BCUT2D eigenvalue weighted by molar-refractivity contribution is 5.81. The zero-order chi connectivity index (χ0) is 13.7. The molecule has 0 radical (unpaired) electrons. The number of carbonyl (C=O) groups is 1. The van der Waals surface area contributed by atoms with Crippen molar-refractivity contribution in [1.82, 2.24) is 10.6 Å². The number of carbonyl (C=O) groups excluding carboxylic acids is 1. The zero-order valence-electron chi connectivity index (χ0n) is 10.8. The van der Waals surface area contributed by atoms with Crippen LogP contribution in [0.4, 0.5) is 8.78 Å². The molecule has 0 bridgehead atoms. The molecule has 1 amide bonds. The molecule has 0 saturated heterocycles. The van der Waals surface area contributed by atoms with Crippen molar-refractivity contribution in [3.05, 3.63) is 35.4 Å². The lowest BCUT2D eigenvalue weighted by atomic mass is 10.1. The van der Waals surface area contributed by atoms with Crippen LogP contribution in [0.25, 0.3) is 0 Å². The minimum atomic E-state index is -0.613. The van der Waals surface area contributed by atoms with Crippen LogP contribution in [0.5, 0.6) is 0 Å². The van der Waals surface area contributed by atoms with Gasteiger partial charge in [0.1, 0.15) is 11.6 Å². The molecule has 0 saturated carbocycles. The Morgan fingerprint density at radius 3 is 2.56 bits per heavy atom. The summed E-state index contributed by atoms with van der Waals surface area (Å²) in [5.41, 5.74) is 0.340. The van der Waals surface area contributed by atoms with Crippen molar-refractivity contribution < 1.29 is 13.6 Å². The second-order valence-electron chi connectivity index (χ2n) is 4.17. The average molecular weight is 256 g/mol. The van der Waals surface area contributed by atoms with Gasteiger partial charge in [0.2, 0.25) is 5.91 Å². The fourth-order valence-corrected chi connectivity index (χ4v) is 1.72. The highest BCUT2D eigenvalue weighted by Gasteiger charge is 2.17. The van der Waals surface area contributed by atoms with Crippen molar-refractivity contribution in [3.63, 3.8) is 0 Å². The molecule has 0 aliphatic rings. The Bertz CT molecular complexity index is 423. The largest absolute Gasteiger partial charge is 0.355 e. The van der Waals surface area contributed by atoms with Gasteiger partial charge in [-0.15, -0.1) is 0 Å². The van der Waals surface area contributed by atoms with E-state index in [9.17, 15) is 13.6 Å². The van der Waals surface area contributed by atoms with Gasteiger partial charge in [-0.25, -0.2) is 8.78 Å². The molecule has 1 aromatic rings. The molecule has 18 heavy (non-hydrogen) atoms. The lowest BCUT2D eigenvalue weighted by molar-refractivity contribution is -0.122. The number of amides is 1. The first-order chi connectivity index (χ1) is 8.45. The van der Waals surface area contributed by atoms with Gasteiger partial charge < -0.3 is 5.32 Å². The quantitative estimate of drug-likeness (QED) is 0.847. The van der Waals surface area contributed by atoms with E-state index in [0.717, 1.165) is 6.07 Å². The third-order valence-electron chi connectivity index (χ3n) is 2.67. The van der Waals surface area contributed by atoms with Crippen molar-refractivity contribution >= 4 is 5.91 Å². The van der Waals surface area contributed by atoms with Gasteiger partial charge >= 0.3 is 0 Å². The summed E-state index contributed by atoms with van der Waals surface area (Å²) in [6.07, 6.45) is 0. The van der Waals surface area contributed by atoms with Crippen molar-refractivity contribution in [1.29, 1.82) is 0 Å². The van der Waals surface area contributed by atoms with Crippen LogP contribution in [-0.2, 0) is 4.79 Å². The first-order valence-corrected chi connectivity index (χ1v) is 5.94. The van der Waals surface area contributed by atoms with E-state index in [1.54, 1.807) is 13.8 Å². The lowest BCUT2D eigenvalue weighted by Crippen LogP contribution is -2.43. The van der Waals surface area contributed by atoms with E-state index in [1.807, 2.05) is 6.92 Å². The number of likely N-dealkylation sites (N-methyl/N-ethyl adjacent to an activating group) is 1. The minimum absolute atomic E-state index is 0.146. The second kappa shape index (κ2) is 6.44. The topological polar surface area (TPSA) is 41.1 Å². The number of nitrogens with one attached hydrogen (secondary N) is 2. The lowest BCUT2D eigenvalue weighted by Gasteiger charge is -2.20. The van der Waals surface area contributed by atoms with E-state index in [2.05, 4.69) is 10.6 Å². The van der Waals surface area contributed by atoms with Gasteiger partial charge in [0.25, 0.3) is 0 Å². The van der Waals surface area contributed by atoms with Crippen molar-refractivity contribution in [2.24, 2.45) is 0 Å². The molecule has 2 N–H and O–H groups in total. The van der Waals surface area contributed by atoms with Crippen LogP contribution in [0.15, 0.2) is 18.2 Å². The molecule has 0 fully saturated rings. The molecule has 0 aliphatic carbocycles. The number of halogens is 2. The molecule has 0 aliphatic heterocycles. The average Bonchev–Trinajstić information content (AvgIpc) is 2.28. The third-order valence-corrected chi connectivity index (χ3v) is 2.67. The Morgan fingerprint density at radius 1 is 1.33 bits per heavy atom. The molecular weight excluding hydrogens is 238 g/mol. The molecule has 100 valence electrons. The Kier molecular flexibility index (Phi) is 5.22. The predicted molar refractivity (Wildman–Crippen MR) is 66.1 cm³/mol. The summed E-state index contributed by atoms with van der Waals surface area (Å²) in [6, 6.07) is 2.61. The fraction of sp³-hybridized carbons (Fsp3) is 0.462. The van der Waals surface area contributed by atoms with Crippen LogP contribution in [0.3, 0.4) is 0 Å². The summed E-state index contributed by atoms with van der Waals surface area (Å²) < 4.78 is 26.3. The Morgan fingerprint density at radius 2 is 2.00 bits per heavy atom. The van der Waals surface area contributed by atoms with Gasteiger partial charge in [0, 0.05) is 24.2 Å². The Labute approximate surface area is 106 Å². The fourth-order valence-electron chi connectivity index (χ4n) is 1.72. The van der Waals surface area contributed by atoms with E-state index in [0.29, 0.717) is 12.1 Å². The van der Waals surface area contributed by atoms with Gasteiger partial charge in [0.05, 0.1) is 6.04 Å². The molecule has 2 unspecified atom stereocenters. The summed E-state index contributed by atoms with van der Waals surface area (Å²) in [5, 5.41) is 5.64. The SMILES string of the molecule is CCNC(=O)C(C)NC(C)c1ccc(F)cc1F. The molecule has 3 nitrogen and oxygen atoms in total. The maximum absolute atomic E-state index is 13.5. The van der Waals surface area contributed by atoms with Crippen LogP contribution in [0.1, 0.15) is 32.4 Å². The maximum Gasteiger partial charge on any atom is 0.236 e. The van der Waals surface area contributed by atoms with E-state index in [4.69, 9.17) is 0 Å². The molecule has 5 heteroatoms. The van der Waals surface area contributed by atoms with Crippen LogP contribution in [-0.4, -0.2) is 18.5 Å². The van der Waals surface area contributed by atoms with E-state index in [1.165, 1.54) is 12.1 Å². The highest BCUT2D eigenvalue weighted by Crippen LogP contribution is 2.18. The summed E-state index contributed by atoms with van der Waals surface area (Å²) in [7, 11) is 0. The van der Waals surface area contributed by atoms with E-state index >= 15 is 0 Å². The van der Waals surface area contributed by atoms with Gasteiger partial charge in [-0.2, -0.15) is 0 Å². The summed E-state index contributed by atoms with van der Waals surface area (Å²) in [4.78, 5) is 11.5. The molecule has 2 atom stereocenters. The summed E-state index contributed by atoms with van der Waals surface area (Å²) >= 11 is 0. The minimum Gasteiger partial charge on any atom is -0.355 e. The predicted octanol–water partition coefficient (Wildman–Crippen LogP) is 2.14. The smallest absolute Gasteiger partial charge is 0.236 e. The molecule has 0 spiro atoms. The first kappa shape index (κ1) is 14.6. The monoisotopic (exact) mass is 256 g/mol. The van der Waals surface area contributed by atoms with E-state index in [-0.39, 0.29) is 11.9 Å². The van der Waals surface area contributed by atoms with Crippen LogP contribution >= 0.6 is 0 Å². The highest BCUT2D eigenvalue weighted by atomic mass is 19.1. The van der Waals surface area contributed by atoms with Crippen LogP contribution in [0, 0.1) is 11.6 Å². The molecule has 0 aromatic heterocycles. The first-order valence-electron chi connectivity index (χ1n) is 5.94. The van der Waals surface area contributed by atoms with Crippen LogP contribution in [0.2, 0.25) is 0 Å². The molecule has 0 heterocycles. The Balaban J connectivity index is 2.70. The van der Waals surface area contributed by atoms with Crippen molar-refractivity contribution in [3.8, 4) is 0 Å². The molecule has 1 aromatic carbocycles. The number of benzene rings is 1. The van der Waals surface area contributed by atoms with E-state index < -0.39 is 17.7 Å². The van der Waals surface area contributed by atoms with Crippen molar-refractivity contribution in [2.45, 2.75) is 32.9 Å². The van der Waals surface area contributed by atoms with Crippen LogP contribution < -0.4 is 10.6 Å². The number of hydrogen-bond donors (Lipinski definition) is 2. The standard InChI is InChI=1S/C13H18F2N2O/c1-4-16-13(18)9(3)17-8(2)11-6-5-10(14)7-12(11)15/h5-9,17H,4H2,1-3H3,(H,16,18). The zero-order valence-corrected chi connectivity index (χ0v) is 10.8. The molecule has 1 rings (SSSR count). The van der Waals surface area contributed by atoms with Gasteiger partial charge in [-0.05, 0) is 26.8 Å². The van der Waals surface area contributed by atoms with Crippen molar-refractivity contribution in [2.75, 3.05) is 6.54 Å². The summed E-state index contributed by atoms with van der Waals surface area (Å²) in [6.45, 7) is 5.80. The third kappa shape index (κ3) is 3.77. The van der Waals surface area contributed by atoms with Gasteiger partial charge in [0.15, 0.2) is 0 Å². The molecular formula is C13H18F2N2O. The number of rotatable bonds is 5. The van der Waals surface area contributed by atoms with Gasteiger partial charge in [-0.1, -0.05) is 6.07 Å². The summed E-state index contributed by atoms with van der Waals surface area (Å²) in [5.74, 6) is -1.37.